The van der Waals surface area contributed by atoms with Crippen molar-refractivity contribution in [1.82, 2.24) is 14.8 Å². The van der Waals surface area contributed by atoms with Gasteiger partial charge in [0.25, 0.3) is 0 Å². The first kappa shape index (κ1) is 22.7. The van der Waals surface area contributed by atoms with Crippen LogP contribution in [0.4, 0.5) is 13.2 Å². The third kappa shape index (κ3) is 7.07. The van der Waals surface area contributed by atoms with Gasteiger partial charge in [-0.25, -0.2) is 0 Å². The number of benzene rings is 1. The molecule has 0 amide bonds. The largest absolute Gasteiger partial charge is 0.416 e. The van der Waals surface area contributed by atoms with Crippen LogP contribution in [0.5, 0.6) is 0 Å². The number of ether oxygens (including phenoxy) is 1. The highest BCUT2D eigenvalue weighted by molar-refractivity contribution is 5.24. The van der Waals surface area contributed by atoms with Crippen LogP contribution in [0.15, 0.2) is 48.8 Å². The highest BCUT2D eigenvalue weighted by atomic mass is 19.4. The van der Waals surface area contributed by atoms with E-state index in [1.54, 1.807) is 31.6 Å². The predicted octanol–water partition coefficient (Wildman–Crippen LogP) is 4.46. The van der Waals surface area contributed by atoms with E-state index in [-0.39, 0.29) is 0 Å². The summed E-state index contributed by atoms with van der Waals surface area (Å²) in [5, 5.41) is 0. The fourth-order valence-corrected chi connectivity index (χ4v) is 3.97. The molecule has 1 aliphatic rings. The molecule has 1 saturated heterocycles. The molecule has 2 heterocycles. The maximum absolute atomic E-state index is 12.9. The predicted molar refractivity (Wildman–Crippen MR) is 111 cm³/mol. The Morgan fingerprint density at radius 3 is 2.17 bits per heavy atom. The van der Waals surface area contributed by atoms with E-state index in [2.05, 4.69) is 14.8 Å². The first-order valence-corrected chi connectivity index (χ1v) is 10.4. The number of methoxy groups -OCH3 is 1. The normalized spacial score (nSPS) is 16.3. The first-order chi connectivity index (χ1) is 14.4. The van der Waals surface area contributed by atoms with Crippen molar-refractivity contribution in [1.29, 1.82) is 0 Å². The van der Waals surface area contributed by atoms with Gasteiger partial charge in [0.1, 0.15) is 0 Å². The molecule has 4 nitrogen and oxygen atoms in total. The zero-order valence-electron chi connectivity index (χ0n) is 17.4. The molecule has 0 saturated carbocycles. The van der Waals surface area contributed by atoms with Crippen molar-refractivity contribution in [2.24, 2.45) is 5.92 Å². The summed E-state index contributed by atoms with van der Waals surface area (Å²) in [6.45, 7) is 6.18. The van der Waals surface area contributed by atoms with Crippen molar-refractivity contribution in [2.45, 2.75) is 32.1 Å². The van der Waals surface area contributed by atoms with E-state index in [0.717, 1.165) is 63.3 Å². The summed E-state index contributed by atoms with van der Waals surface area (Å²) in [4.78, 5) is 8.85. The van der Waals surface area contributed by atoms with E-state index in [9.17, 15) is 13.2 Å². The molecule has 7 heteroatoms. The molecule has 0 spiro atoms. The average molecular weight is 422 g/mol. The lowest BCUT2D eigenvalue weighted by atomic mass is 9.95. The van der Waals surface area contributed by atoms with Crippen LogP contribution in [0.25, 0.3) is 0 Å². The van der Waals surface area contributed by atoms with Gasteiger partial charge in [0.2, 0.25) is 0 Å². The van der Waals surface area contributed by atoms with E-state index in [1.807, 2.05) is 12.1 Å². The van der Waals surface area contributed by atoms with Gasteiger partial charge in [-0.05, 0) is 67.2 Å². The van der Waals surface area contributed by atoms with Crippen molar-refractivity contribution in [3.05, 3.63) is 65.5 Å². The van der Waals surface area contributed by atoms with Gasteiger partial charge in [0.15, 0.2) is 0 Å². The second kappa shape index (κ2) is 10.9. The lowest BCUT2D eigenvalue weighted by molar-refractivity contribution is -0.137. The van der Waals surface area contributed by atoms with Crippen LogP contribution < -0.4 is 0 Å². The molecule has 0 bridgehead atoms. The summed E-state index contributed by atoms with van der Waals surface area (Å²) < 4.78 is 43.8. The topological polar surface area (TPSA) is 28.6 Å². The zero-order valence-corrected chi connectivity index (χ0v) is 17.4. The number of alkyl halides is 3. The van der Waals surface area contributed by atoms with Crippen molar-refractivity contribution in [2.75, 3.05) is 39.9 Å². The molecule has 0 radical (unpaired) electrons. The van der Waals surface area contributed by atoms with Gasteiger partial charge in [0.05, 0.1) is 12.2 Å². The number of hydrogen-bond donors (Lipinski definition) is 0. The van der Waals surface area contributed by atoms with E-state index < -0.39 is 11.7 Å². The number of aromatic nitrogens is 1. The molecule has 1 fully saturated rings. The SMILES string of the molecule is COCCN1CCC(CN(Cc2ccncc2)Cc2ccc(C(F)(F)F)cc2)CC1. The Hall–Kier alpha value is -1.96. The van der Waals surface area contributed by atoms with Gasteiger partial charge < -0.3 is 9.64 Å². The molecule has 3 rings (SSSR count). The van der Waals surface area contributed by atoms with Crippen molar-refractivity contribution in [3.63, 3.8) is 0 Å². The third-order valence-corrected chi connectivity index (χ3v) is 5.68. The summed E-state index contributed by atoms with van der Waals surface area (Å²) >= 11 is 0. The van der Waals surface area contributed by atoms with Crippen LogP contribution in [-0.4, -0.2) is 54.7 Å². The van der Waals surface area contributed by atoms with E-state index in [4.69, 9.17) is 4.74 Å². The summed E-state index contributed by atoms with van der Waals surface area (Å²) in [6, 6.07) is 9.52. The fourth-order valence-electron chi connectivity index (χ4n) is 3.97. The number of nitrogens with zero attached hydrogens (tertiary/aromatic N) is 3. The molecule has 30 heavy (non-hydrogen) atoms. The molecule has 164 valence electrons. The zero-order chi connectivity index (χ0) is 21.4. The third-order valence-electron chi connectivity index (χ3n) is 5.68. The number of piperidine rings is 1. The van der Waals surface area contributed by atoms with Crippen LogP contribution in [0.2, 0.25) is 0 Å². The van der Waals surface area contributed by atoms with E-state index in [0.29, 0.717) is 12.5 Å². The van der Waals surface area contributed by atoms with Gasteiger partial charge in [-0.15, -0.1) is 0 Å². The number of pyridine rings is 1. The monoisotopic (exact) mass is 421 g/mol. The quantitative estimate of drug-likeness (QED) is 0.598. The number of halogens is 3. The van der Waals surface area contributed by atoms with Gasteiger partial charge in [-0.2, -0.15) is 13.2 Å². The minimum absolute atomic E-state index is 0.583. The lowest BCUT2D eigenvalue weighted by Gasteiger charge is -2.35. The van der Waals surface area contributed by atoms with Crippen LogP contribution in [-0.2, 0) is 24.0 Å². The average Bonchev–Trinajstić information content (AvgIpc) is 2.74. The first-order valence-electron chi connectivity index (χ1n) is 10.4. The van der Waals surface area contributed by atoms with Crippen molar-refractivity contribution in [3.8, 4) is 0 Å². The van der Waals surface area contributed by atoms with Gasteiger partial charge in [0, 0.05) is 45.7 Å². The number of likely N-dealkylation sites (tertiary alicyclic amines) is 1. The molecule has 0 atom stereocenters. The lowest BCUT2D eigenvalue weighted by Crippen LogP contribution is -2.39. The Balaban J connectivity index is 1.62. The maximum Gasteiger partial charge on any atom is 0.416 e. The van der Waals surface area contributed by atoms with E-state index in [1.165, 1.54) is 12.1 Å². The number of hydrogen-bond acceptors (Lipinski definition) is 4. The minimum Gasteiger partial charge on any atom is -0.383 e. The summed E-state index contributed by atoms with van der Waals surface area (Å²) in [6.07, 6.45) is 1.51. The second-order valence-corrected chi connectivity index (χ2v) is 8.00. The Kier molecular flexibility index (Phi) is 8.24. The van der Waals surface area contributed by atoms with Crippen molar-refractivity contribution < 1.29 is 17.9 Å². The maximum atomic E-state index is 12.9. The minimum atomic E-state index is -4.30. The van der Waals surface area contributed by atoms with Gasteiger partial charge in [-0.3, -0.25) is 9.88 Å². The molecular formula is C23H30F3N3O. The second-order valence-electron chi connectivity index (χ2n) is 8.00. The van der Waals surface area contributed by atoms with Crippen LogP contribution in [0.1, 0.15) is 29.5 Å². The molecule has 0 N–H and O–H groups in total. The smallest absolute Gasteiger partial charge is 0.383 e. The fraction of sp³-hybridized carbons (Fsp3) is 0.522. The molecule has 0 unspecified atom stereocenters. The van der Waals surface area contributed by atoms with E-state index >= 15 is 0 Å². The summed E-state index contributed by atoms with van der Waals surface area (Å²) in [5.74, 6) is 0.583. The summed E-state index contributed by atoms with van der Waals surface area (Å²) in [5.41, 5.74) is 1.46. The standard InChI is InChI=1S/C23H30F3N3O/c1-30-15-14-28-12-8-21(9-13-28)18-29(17-20-6-10-27-11-7-20)16-19-2-4-22(5-3-19)23(24,25)26/h2-7,10-11,21H,8-9,12-18H2,1H3. The van der Waals surface area contributed by atoms with Crippen LogP contribution in [0, 0.1) is 5.92 Å². The van der Waals surface area contributed by atoms with Crippen LogP contribution >= 0.6 is 0 Å². The Labute approximate surface area is 176 Å². The highest BCUT2D eigenvalue weighted by Crippen LogP contribution is 2.29. The summed E-state index contributed by atoms with van der Waals surface area (Å²) in [7, 11) is 1.73. The van der Waals surface area contributed by atoms with Crippen molar-refractivity contribution >= 4 is 0 Å². The Bertz CT molecular complexity index is 745. The Morgan fingerprint density at radius 2 is 1.60 bits per heavy atom. The van der Waals surface area contributed by atoms with Gasteiger partial charge in [-0.1, -0.05) is 12.1 Å². The van der Waals surface area contributed by atoms with Gasteiger partial charge >= 0.3 is 6.18 Å². The molecule has 1 aromatic heterocycles. The molecule has 2 aromatic rings. The van der Waals surface area contributed by atoms with Crippen LogP contribution in [0.3, 0.4) is 0 Å². The molecule has 1 aromatic carbocycles. The molecule has 0 aliphatic carbocycles. The molecular weight excluding hydrogens is 391 g/mol. The Morgan fingerprint density at radius 1 is 1.00 bits per heavy atom. The highest BCUT2D eigenvalue weighted by Gasteiger charge is 2.30. The molecule has 1 aliphatic heterocycles. The number of rotatable bonds is 9.